The van der Waals surface area contributed by atoms with Gasteiger partial charge in [0.05, 0.1) is 18.0 Å². The number of carbonyl (C=O) groups is 2. The van der Waals surface area contributed by atoms with Gasteiger partial charge in [0.15, 0.2) is 0 Å². The Morgan fingerprint density at radius 2 is 2.10 bits per heavy atom. The normalized spacial score (nSPS) is 17.1. The van der Waals surface area contributed by atoms with Crippen molar-refractivity contribution in [2.45, 2.75) is 26.0 Å². The van der Waals surface area contributed by atoms with E-state index in [0.29, 0.717) is 12.3 Å². The van der Waals surface area contributed by atoms with Gasteiger partial charge >= 0.3 is 0 Å². The third kappa shape index (κ3) is 5.52. The van der Waals surface area contributed by atoms with Gasteiger partial charge < -0.3 is 31.6 Å². The lowest BCUT2D eigenvalue weighted by Gasteiger charge is -2.26. The molecule has 0 bridgehead atoms. The van der Waals surface area contributed by atoms with Gasteiger partial charge in [0.2, 0.25) is 5.91 Å². The molecule has 0 fully saturated rings. The Bertz CT molecular complexity index is 876. The minimum atomic E-state index is -1.63. The number of aliphatic hydroxyl groups is 1. The number of hydrogen-bond donors (Lipinski definition) is 5. The van der Waals surface area contributed by atoms with Gasteiger partial charge in [-0.05, 0) is 44.2 Å². The van der Waals surface area contributed by atoms with E-state index in [1.807, 2.05) is 12.1 Å². The zero-order chi connectivity index (χ0) is 21.4. The number of aliphatic hydroxyl groups excluding tert-OH is 1. The van der Waals surface area contributed by atoms with Crippen LogP contribution in [0.2, 0.25) is 0 Å². The van der Waals surface area contributed by atoms with Crippen LogP contribution < -0.4 is 16.4 Å². The lowest BCUT2D eigenvalue weighted by atomic mass is 9.99. The number of rotatable bonds is 9. The molecule has 1 aliphatic rings. The molecule has 0 saturated carbocycles. The lowest BCUT2D eigenvalue weighted by Crippen LogP contribution is -2.59. The van der Waals surface area contributed by atoms with Crippen LogP contribution in [0.15, 0.2) is 59.7 Å². The van der Waals surface area contributed by atoms with Crippen molar-refractivity contribution in [1.82, 2.24) is 15.6 Å². The summed E-state index contributed by atoms with van der Waals surface area (Å²) in [5, 5.41) is 23.0. The number of nitrogens with one attached hydrogen (secondary N) is 3. The van der Waals surface area contributed by atoms with E-state index < -0.39 is 24.0 Å². The molecule has 1 aliphatic carbocycles. The Kier molecular flexibility index (Phi) is 7.27. The number of hydrogen-bond acceptors (Lipinski definition) is 7. The minimum Gasteiger partial charge on any atom is -0.487 e. The third-order valence-corrected chi connectivity index (χ3v) is 4.20. The molecule has 0 spiro atoms. The minimum absolute atomic E-state index is 0.0710. The summed E-state index contributed by atoms with van der Waals surface area (Å²) in [7, 11) is 0. The first-order valence-corrected chi connectivity index (χ1v) is 9.03. The fourth-order valence-electron chi connectivity index (χ4n) is 2.43. The highest BCUT2D eigenvalue weighted by molar-refractivity contribution is 6.15. The van der Waals surface area contributed by atoms with Gasteiger partial charge in [-0.2, -0.15) is 0 Å². The van der Waals surface area contributed by atoms with E-state index in [1.165, 1.54) is 13.0 Å². The number of pyridine rings is 1. The Hall–Kier alpha value is -3.46. The van der Waals surface area contributed by atoms with Crippen LogP contribution in [0.1, 0.15) is 19.5 Å². The fourth-order valence-corrected chi connectivity index (χ4v) is 2.43. The molecule has 0 aliphatic heterocycles. The average molecular weight is 399 g/mol. The van der Waals surface area contributed by atoms with Crippen molar-refractivity contribution in [2.75, 3.05) is 13.2 Å². The lowest BCUT2D eigenvalue weighted by molar-refractivity contribution is -0.131. The number of allylic oxidation sites excluding steroid dienone is 4. The number of primary amides is 1. The van der Waals surface area contributed by atoms with E-state index in [0.717, 1.165) is 5.69 Å². The van der Waals surface area contributed by atoms with Crippen LogP contribution in [-0.4, -0.2) is 46.3 Å². The third-order valence-electron chi connectivity index (χ3n) is 4.20. The molecule has 6 N–H and O–H groups in total. The Morgan fingerprint density at radius 3 is 2.69 bits per heavy atom. The molecule has 0 saturated heterocycles. The molecular weight excluding hydrogens is 374 g/mol. The van der Waals surface area contributed by atoms with Gasteiger partial charge in [-0.1, -0.05) is 6.07 Å². The van der Waals surface area contributed by atoms with E-state index in [1.54, 1.807) is 31.3 Å². The summed E-state index contributed by atoms with van der Waals surface area (Å²) in [6.07, 6.45) is 6.35. The summed E-state index contributed by atoms with van der Waals surface area (Å²) in [4.78, 5) is 28.6. The van der Waals surface area contributed by atoms with Crippen molar-refractivity contribution in [1.29, 1.82) is 5.41 Å². The van der Waals surface area contributed by atoms with E-state index in [-0.39, 0.29) is 23.6 Å². The fraction of sp³-hybridized carbons (Fsp3) is 0.300. The molecule has 9 heteroatoms. The average Bonchev–Trinajstić information content (AvgIpc) is 2.72. The van der Waals surface area contributed by atoms with E-state index in [4.69, 9.17) is 15.9 Å². The monoisotopic (exact) mass is 399 g/mol. The highest BCUT2D eigenvalue weighted by Crippen LogP contribution is 2.19. The van der Waals surface area contributed by atoms with E-state index in [9.17, 15) is 14.7 Å². The SMILES string of the molecule is CCN/C(C(=O)NC(C)(CO)C(N)=O)=C1/C=C(OCc2ccccn2)C=CC1=N. The number of ether oxygens (including phenoxy) is 1. The van der Waals surface area contributed by atoms with Crippen molar-refractivity contribution in [2.24, 2.45) is 5.73 Å². The zero-order valence-corrected chi connectivity index (χ0v) is 16.4. The molecule has 0 radical (unpaired) electrons. The summed E-state index contributed by atoms with van der Waals surface area (Å²) >= 11 is 0. The summed E-state index contributed by atoms with van der Waals surface area (Å²) in [6.45, 7) is 3.08. The van der Waals surface area contributed by atoms with Crippen molar-refractivity contribution in [3.63, 3.8) is 0 Å². The van der Waals surface area contributed by atoms with Crippen LogP contribution in [-0.2, 0) is 20.9 Å². The first kappa shape index (κ1) is 21.8. The smallest absolute Gasteiger partial charge is 0.268 e. The molecule has 1 atom stereocenters. The quantitative estimate of drug-likeness (QED) is 0.377. The maximum absolute atomic E-state index is 12.8. The number of carbonyl (C=O) groups excluding carboxylic acids is 2. The van der Waals surface area contributed by atoms with Crippen LogP contribution in [0.25, 0.3) is 0 Å². The number of amides is 2. The van der Waals surface area contributed by atoms with Gasteiger partial charge in [0, 0.05) is 18.3 Å². The van der Waals surface area contributed by atoms with Crippen LogP contribution in [0.3, 0.4) is 0 Å². The summed E-state index contributed by atoms with van der Waals surface area (Å²) in [5.41, 5.74) is 4.83. The second-order valence-electron chi connectivity index (χ2n) is 6.53. The van der Waals surface area contributed by atoms with Crippen molar-refractivity contribution < 1.29 is 19.4 Å². The van der Waals surface area contributed by atoms with Crippen molar-refractivity contribution in [3.8, 4) is 0 Å². The van der Waals surface area contributed by atoms with Crippen LogP contribution >= 0.6 is 0 Å². The number of likely N-dealkylation sites (N-methyl/N-ethyl adjacent to an activating group) is 1. The van der Waals surface area contributed by atoms with E-state index in [2.05, 4.69) is 15.6 Å². The summed E-state index contributed by atoms with van der Waals surface area (Å²) in [6, 6.07) is 5.48. The van der Waals surface area contributed by atoms with Crippen molar-refractivity contribution >= 4 is 17.5 Å². The molecule has 0 aromatic carbocycles. The number of nitrogens with two attached hydrogens (primary N) is 1. The molecule has 1 aromatic heterocycles. The molecule has 29 heavy (non-hydrogen) atoms. The standard InChI is InChI=1S/C20H25N5O4/c1-3-23-17(18(27)25-20(2,12-26)19(22)28)15-10-14(7-8-16(15)21)29-11-13-6-4-5-9-24-13/h4-10,21,23,26H,3,11-12H2,1-2H3,(H2,22,28)(H,25,27)/b17-15-,21-16?. The summed E-state index contributed by atoms with van der Waals surface area (Å²) < 4.78 is 5.72. The molecule has 2 amide bonds. The number of aromatic nitrogens is 1. The molecule has 2 rings (SSSR count). The van der Waals surface area contributed by atoms with Gasteiger partial charge in [0.1, 0.15) is 23.6 Å². The van der Waals surface area contributed by atoms with Gasteiger partial charge in [-0.3, -0.25) is 14.6 Å². The molecule has 154 valence electrons. The molecular formula is C20H25N5O4. The molecule has 1 aromatic rings. The van der Waals surface area contributed by atoms with Gasteiger partial charge in [0.25, 0.3) is 5.91 Å². The maximum Gasteiger partial charge on any atom is 0.268 e. The first-order chi connectivity index (χ1) is 13.8. The van der Waals surface area contributed by atoms with Crippen LogP contribution in [0.5, 0.6) is 0 Å². The molecule has 1 unspecified atom stereocenters. The first-order valence-electron chi connectivity index (χ1n) is 9.03. The Morgan fingerprint density at radius 1 is 1.34 bits per heavy atom. The molecule has 1 heterocycles. The number of nitrogens with zero attached hydrogens (tertiary/aromatic N) is 1. The highest BCUT2D eigenvalue weighted by atomic mass is 16.5. The predicted octanol–water partition coefficient (Wildman–Crippen LogP) is 0.288. The van der Waals surface area contributed by atoms with Crippen LogP contribution in [0, 0.1) is 5.41 Å². The van der Waals surface area contributed by atoms with Gasteiger partial charge in [-0.25, -0.2) is 0 Å². The second kappa shape index (κ2) is 9.65. The largest absolute Gasteiger partial charge is 0.487 e. The summed E-state index contributed by atoms with van der Waals surface area (Å²) in [5.74, 6) is -1.09. The van der Waals surface area contributed by atoms with Crippen molar-refractivity contribution in [3.05, 3.63) is 65.3 Å². The van der Waals surface area contributed by atoms with Crippen LogP contribution in [0.4, 0.5) is 0 Å². The maximum atomic E-state index is 12.8. The zero-order valence-electron chi connectivity index (χ0n) is 16.4. The highest BCUT2D eigenvalue weighted by Gasteiger charge is 2.34. The van der Waals surface area contributed by atoms with Gasteiger partial charge in [-0.15, -0.1) is 0 Å². The predicted molar refractivity (Wildman–Crippen MR) is 108 cm³/mol. The molecule has 9 nitrogen and oxygen atoms in total. The Balaban J connectivity index is 2.30. The second-order valence-corrected chi connectivity index (χ2v) is 6.53. The Labute approximate surface area is 168 Å². The van der Waals surface area contributed by atoms with E-state index >= 15 is 0 Å². The topological polar surface area (TPSA) is 150 Å².